The van der Waals surface area contributed by atoms with Crippen molar-refractivity contribution < 1.29 is 5.11 Å². The van der Waals surface area contributed by atoms with E-state index in [1.807, 2.05) is 12.1 Å². The fourth-order valence-corrected chi connectivity index (χ4v) is 2.33. The highest BCUT2D eigenvalue weighted by molar-refractivity contribution is 7.71. The second-order valence-corrected chi connectivity index (χ2v) is 4.70. The average molecular weight is 298 g/mol. The Morgan fingerprint density at radius 2 is 1.76 bits per heavy atom. The Morgan fingerprint density at radius 1 is 1.14 bits per heavy atom. The molecule has 1 heterocycles. The highest BCUT2D eigenvalue weighted by Gasteiger charge is 2.30. The monoisotopic (exact) mass is 298 g/mol. The van der Waals surface area contributed by atoms with E-state index in [9.17, 15) is 9.90 Å². The molecule has 104 valence electrons. The molecule has 0 saturated heterocycles. The van der Waals surface area contributed by atoms with Crippen LogP contribution in [0.15, 0.2) is 35.1 Å². The SMILES string of the molecule is N#CC(C#N)[C@H](c1ccccc1)c1c(O)[nH]c(=S)[nH]c1=O. The highest BCUT2D eigenvalue weighted by atomic mass is 32.1. The molecule has 6 nitrogen and oxygen atoms in total. The minimum atomic E-state index is -1.12. The van der Waals surface area contributed by atoms with E-state index in [-0.39, 0.29) is 10.3 Å². The zero-order chi connectivity index (χ0) is 15.4. The third-order valence-corrected chi connectivity index (χ3v) is 3.24. The van der Waals surface area contributed by atoms with Crippen LogP contribution in [0.2, 0.25) is 0 Å². The van der Waals surface area contributed by atoms with Gasteiger partial charge in [0.2, 0.25) is 0 Å². The minimum Gasteiger partial charge on any atom is -0.494 e. The number of aromatic nitrogens is 2. The summed E-state index contributed by atoms with van der Waals surface area (Å²) in [7, 11) is 0. The van der Waals surface area contributed by atoms with Crippen molar-refractivity contribution in [1.29, 1.82) is 10.5 Å². The number of benzene rings is 1. The molecule has 0 fully saturated rings. The van der Waals surface area contributed by atoms with E-state index in [2.05, 4.69) is 9.97 Å². The van der Waals surface area contributed by atoms with Gasteiger partial charge in [0.05, 0.1) is 17.7 Å². The molecule has 1 aromatic carbocycles. The maximum absolute atomic E-state index is 12.1. The van der Waals surface area contributed by atoms with Gasteiger partial charge in [0.1, 0.15) is 5.92 Å². The van der Waals surface area contributed by atoms with Crippen LogP contribution in [0.3, 0.4) is 0 Å². The summed E-state index contributed by atoms with van der Waals surface area (Å²) in [5.41, 5.74) is -0.125. The lowest BCUT2D eigenvalue weighted by atomic mass is 9.83. The number of nitrogens with zero attached hydrogens (tertiary/aromatic N) is 2. The molecule has 0 aliphatic carbocycles. The van der Waals surface area contributed by atoms with Crippen LogP contribution in [0.1, 0.15) is 17.0 Å². The summed E-state index contributed by atoms with van der Waals surface area (Å²) in [6.07, 6.45) is 0. The highest BCUT2D eigenvalue weighted by Crippen LogP contribution is 2.33. The van der Waals surface area contributed by atoms with Crippen molar-refractivity contribution in [3.8, 4) is 18.0 Å². The molecule has 1 aromatic heterocycles. The summed E-state index contributed by atoms with van der Waals surface area (Å²) in [5.74, 6) is -2.44. The van der Waals surface area contributed by atoms with Gasteiger partial charge in [0, 0.05) is 5.92 Å². The van der Waals surface area contributed by atoms with E-state index in [1.165, 1.54) is 0 Å². The third kappa shape index (κ3) is 2.83. The Balaban J connectivity index is 2.74. The molecule has 0 unspecified atom stereocenters. The van der Waals surface area contributed by atoms with E-state index in [0.29, 0.717) is 5.56 Å². The Kier molecular flexibility index (Phi) is 4.17. The number of aromatic hydroxyl groups is 1. The second-order valence-electron chi connectivity index (χ2n) is 4.29. The van der Waals surface area contributed by atoms with Crippen LogP contribution >= 0.6 is 12.2 Å². The van der Waals surface area contributed by atoms with Crippen LogP contribution in [0.4, 0.5) is 0 Å². The van der Waals surface area contributed by atoms with Crippen LogP contribution < -0.4 is 5.56 Å². The lowest BCUT2D eigenvalue weighted by molar-refractivity contribution is 0.435. The molecule has 0 amide bonds. The summed E-state index contributed by atoms with van der Waals surface area (Å²) in [5, 5.41) is 28.3. The predicted octanol–water partition coefficient (Wildman–Crippen LogP) is 1.93. The zero-order valence-electron chi connectivity index (χ0n) is 10.7. The zero-order valence-corrected chi connectivity index (χ0v) is 11.5. The van der Waals surface area contributed by atoms with Crippen LogP contribution in [0.5, 0.6) is 5.88 Å². The fraction of sp³-hybridized carbons (Fsp3) is 0.143. The van der Waals surface area contributed by atoms with Crippen molar-refractivity contribution in [2.24, 2.45) is 5.92 Å². The second kappa shape index (κ2) is 6.04. The van der Waals surface area contributed by atoms with Crippen molar-refractivity contribution >= 4 is 12.2 Å². The minimum absolute atomic E-state index is 0.0291. The summed E-state index contributed by atoms with van der Waals surface area (Å²) < 4.78 is -0.0291. The molecular weight excluding hydrogens is 288 g/mol. The van der Waals surface area contributed by atoms with Crippen LogP contribution in [-0.4, -0.2) is 15.1 Å². The van der Waals surface area contributed by atoms with Crippen molar-refractivity contribution in [1.82, 2.24) is 9.97 Å². The van der Waals surface area contributed by atoms with Gasteiger partial charge < -0.3 is 10.1 Å². The number of aromatic amines is 2. The number of rotatable bonds is 3. The molecule has 1 atom stereocenters. The van der Waals surface area contributed by atoms with Gasteiger partial charge in [-0.15, -0.1) is 0 Å². The lowest BCUT2D eigenvalue weighted by Gasteiger charge is -2.18. The standard InChI is InChI=1S/C14H10N4O2S/c15-6-9(7-16)10(8-4-2-1-3-5-8)11-12(19)17-14(21)18-13(11)20/h1-5,9-10H,(H3,17,18,19,20,21)/t10-/m0/s1. The first-order valence-corrected chi connectivity index (χ1v) is 6.39. The van der Waals surface area contributed by atoms with Gasteiger partial charge in [-0.05, 0) is 17.8 Å². The Labute approximate surface area is 124 Å². The van der Waals surface area contributed by atoms with Gasteiger partial charge >= 0.3 is 0 Å². The maximum Gasteiger partial charge on any atom is 0.259 e. The van der Waals surface area contributed by atoms with Crippen molar-refractivity contribution in [3.05, 3.63) is 56.6 Å². The number of hydrogen-bond donors (Lipinski definition) is 3. The molecular formula is C14H10N4O2S. The third-order valence-electron chi connectivity index (χ3n) is 3.04. The topological polar surface area (TPSA) is 116 Å². The molecule has 0 saturated carbocycles. The van der Waals surface area contributed by atoms with Crippen LogP contribution in [0, 0.1) is 33.4 Å². The van der Waals surface area contributed by atoms with E-state index in [0.717, 1.165) is 0 Å². The molecule has 2 rings (SSSR count). The number of hydrogen-bond acceptors (Lipinski definition) is 5. The smallest absolute Gasteiger partial charge is 0.259 e. The first-order valence-electron chi connectivity index (χ1n) is 5.98. The molecule has 0 spiro atoms. The Bertz CT molecular complexity index is 828. The number of H-pyrrole nitrogens is 2. The molecule has 2 aromatic rings. The Morgan fingerprint density at radius 3 is 2.29 bits per heavy atom. The number of nitriles is 2. The average Bonchev–Trinajstić information content (AvgIpc) is 2.46. The molecule has 0 radical (unpaired) electrons. The molecule has 21 heavy (non-hydrogen) atoms. The summed E-state index contributed by atoms with van der Waals surface area (Å²) in [6.45, 7) is 0. The quantitative estimate of drug-likeness (QED) is 0.749. The van der Waals surface area contributed by atoms with Crippen molar-refractivity contribution in [2.45, 2.75) is 5.92 Å². The lowest BCUT2D eigenvalue weighted by Crippen LogP contribution is -2.23. The molecule has 0 bridgehead atoms. The first-order chi connectivity index (χ1) is 10.1. The van der Waals surface area contributed by atoms with E-state index in [1.54, 1.807) is 30.3 Å². The molecule has 0 aliphatic rings. The maximum atomic E-state index is 12.1. The van der Waals surface area contributed by atoms with Crippen molar-refractivity contribution in [3.63, 3.8) is 0 Å². The van der Waals surface area contributed by atoms with Gasteiger partial charge in [-0.3, -0.25) is 9.78 Å². The Hall–Kier alpha value is -2.90. The van der Waals surface area contributed by atoms with E-state index >= 15 is 0 Å². The van der Waals surface area contributed by atoms with E-state index in [4.69, 9.17) is 22.7 Å². The summed E-state index contributed by atoms with van der Waals surface area (Å²) in [4.78, 5) is 16.9. The largest absolute Gasteiger partial charge is 0.494 e. The van der Waals surface area contributed by atoms with Gasteiger partial charge in [-0.2, -0.15) is 10.5 Å². The molecule has 7 heteroatoms. The normalized spacial score (nSPS) is 11.6. The summed E-state index contributed by atoms with van der Waals surface area (Å²) >= 11 is 4.77. The van der Waals surface area contributed by atoms with Gasteiger partial charge in [0.25, 0.3) is 5.56 Å². The van der Waals surface area contributed by atoms with Crippen LogP contribution in [0.25, 0.3) is 0 Å². The van der Waals surface area contributed by atoms with Crippen LogP contribution in [-0.2, 0) is 0 Å². The van der Waals surface area contributed by atoms with Crippen molar-refractivity contribution in [2.75, 3.05) is 0 Å². The van der Waals surface area contributed by atoms with Gasteiger partial charge in [-0.25, -0.2) is 0 Å². The first kappa shape index (κ1) is 14.5. The summed E-state index contributed by atoms with van der Waals surface area (Å²) in [6, 6.07) is 12.3. The fourth-order valence-electron chi connectivity index (χ4n) is 2.14. The predicted molar refractivity (Wildman–Crippen MR) is 76.9 cm³/mol. The van der Waals surface area contributed by atoms with Gasteiger partial charge in [-0.1, -0.05) is 30.3 Å². The molecule has 0 aliphatic heterocycles. The van der Waals surface area contributed by atoms with Gasteiger partial charge in [0.15, 0.2) is 10.7 Å². The molecule has 3 N–H and O–H groups in total. The number of nitrogens with one attached hydrogen (secondary N) is 2. The van der Waals surface area contributed by atoms with E-state index < -0.39 is 23.3 Å².